The van der Waals surface area contributed by atoms with Gasteiger partial charge in [-0.05, 0) is 48.6 Å². The average molecular weight is 389 g/mol. The predicted octanol–water partition coefficient (Wildman–Crippen LogP) is 4.45. The van der Waals surface area contributed by atoms with Gasteiger partial charge in [-0.15, -0.1) is 0 Å². The summed E-state index contributed by atoms with van der Waals surface area (Å²) in [5.74, 6) is -0.0634. The van der Waals surface area contributed by atoms with Crippen molar-refractivity contribution >= 4 is 21.6 Å². The van der Waals surface area contributed by atoms with E-state index >= 15 is 0 Å². The topological polar surface area (TPSA) is 75.3 Å². The van der Waals surface area contributed by atoms with Crippen LogP contribution in [0.4, 0.5) is 5.69 Å². The SMILES string of the molecule is CCCCNS(=O)(=O)c1cccc(C(=O)Nc2c(C)cccc2C(C)C)c1. The normalized spacial score (nSPS) is 11.6. The van der Waals surface area contributed by atoms with E-state index in [1.807, 2.05) is 32.0 Å². The molecular formula is C21H28N2O3S. The lowest BCUT2D eigenvalue weighted by molar-refractivity contribution is 0.102. The number of unbranched alkanes of at least 4 members (excludes halogenated alkanes) is 1. The molecule has 0 fully saturated rings. The minimum absolute atomic E-state index is 0.0973. The van der Waals surface area contributed by atoms with Crippen LogP contribution < -0.4 is 10.0 Å². The first-order chi connectivity index (χ1) is 12.8. The molecule has 6 heteroatoms. The average Bonchev–Trinajstić information content (AvgIpc) is 2.63. The number of carbonyl (C=O) groups is 1. The summed E-state index contributed by atoms with van der Waals surface area (Å²) in [7, 11) is -3.62. The van der Waals surface area contributed by atoms with E-state index in [1.165, 1.54) is 12.1 Å². The van der Waals surface area contributed by atoms with E-state index in [2.05, 4.69) is 23.9 Å². The number of aryl methyl sites for hydroxylation is 1. The van der Waals surface area contributed by atoms with E-state index in [4.69, 9.17) is 0 Å². The van der Waals surface area contributed by atoms with Crippen LogP contribution in [0.1, 0.15) is 61.0 Å². The molecule has 2 aromatic rings. The minimum atomic E-state index is -3.62. The molecule has 1 amide bonds. The van der Waals surface area contributed by atoms with Crippen LogP contribution in [0, 0.1) is 6.92 Å². The number of rotatable bonds is 8. The van der Waals surface area contributed by atoms with Crippen LogP contribution >= 0.6 is 0 Å². The molecule has 0 aromatic heterocycles. The van der Waals surface area contributed by atoms with Crippen molar-refractivity contribution in [2.24, 2.45) is 0 Å². The zero-order chi connectivity index (χ0) is 20.0. The summed E-state index contributed by atoms with van der Waals surface area (Å²) in [4.78, 5) is 12.9. The van der Waals surface area contributed by atoms with E-state index in [9.17, 15) is 13.2 Å². The van der Waals surface area contributed by atoms with Crippen molar-refractivity contribution in [3.63, 3.8) is 0 Å². The van der Waals surface area contributed by atoms with Gasteiger partial charge in [0.25, 0.3) is 5.91 Å². The van der Waals surface area contributed by atoms with E-state index in [-0.39, 0.29) is 16.7 Å². The maximum absolute atomic E-state index is 12.8. The second-order valence-corrected chi connectivity index (χ2v) is 8.69. The summed E-state index contributed by atoms with van der Waals surface area (Å²) in [6.45, 7) is 8.46. The Labute approximate surface area is 162 Å². The number of sulfonamides is 1. The molecular weight excluding hydrogens is 360 g/mol. The van der Waals surface area contributed by atoms with Gasteiger partial charge in [0.15, 0.2) is 0 Å². The number of hydrogen-bond donors (Lipinski definition) is 2. The van der Waals surface area contributed by atoms with Crippen molar-refractivity contribution in [1.82, 2.24) is 4.72 Å². The summed E-state index contributed by atoms with van der Waals surface area (Å²) >= 11 is 0. The molecule has 0 atom stereocenters. The van der Waals surface area contributed by atoms with E-state index in [0.717, 1.165) is 29.7 Å². The first-order valence-electron chi connectivity index (χ1n) is 9.27. The van der Waals surface area contributed by atoms with Crippen molar-refractivity contribution in [2.45, 2.75) is 51.3 Å². The van der Waals surface area contributed by atoms with Crippen LogP contribution in [0.2, 0.25) is 0 Å². The lowest BCUT2D eigenvalue weighted by atomic mass is 9.98. The van der Waals surface area contributed by atoms with Crippen LogP contribution in [-0.4, -0.2) is 20.9 Å². The van der Waals surface area contributed by atoms with Crippen LogP contribution in [0.25, 0.3) is 0 Å². The second kappa shape index (κ2) is 9.15. The zero-order valence-electron chi connectivity index (χ0n) is 16.4. The first-order valence-corrected chi connectivity index (χ1v) is 10.7. The van der Waals surface area contributed by atoms with Gasteiger partial charge in [0.2, 0.25) is 10.0 Å². The number of hydrogen-bond acceptors (Lipinski definition) is 3. The molecule has 0 aliphatic heterocycles. The Hall–Kier alpha value is -2.18. The van der Waals surface area contributed by atoms with Gasteiger partial charge < -0.3 is 5.32 Å². The molecule has 2 rings (SSSR count). The fourth-order valence-electron chi connectivity index (χ4n) is 2.80. The van der Waals surface area contributed by atoms with Gasteiger partial charge in [-0.1, -0.05) is 51.5 Å². The van der Waals surface area contributed by atoms with Crippen molar-refractivity contribution in [1.29, 1.82) is 0 Å². The number of amides is 1. The summed E-state index contributed by atoms with van der Waals surface area (Å²) in [5, 5.41) is 2.95. The second-order valence-electron chi connectivity index (χ2n) is 6.93. The lowest BCUT2D eigenvalue weighted by Crippen LogP contribution is -2.25. The Morgan fingerprint density at radius 1 is 1.11 bits per heavy atom. The van der Waals surface area contributed by atoms with Gasteiger partial charge in [-0.25, -0.2) is 13.1 Å². The molecule has 0 heterocycles. The maximum atomic E-state index is 12.8. The van der Waals surface area contributed by atoms with Crippen molar-refractivity contribution in [2.75, 3.05) is 11.9 Å². The van der Waals surface area contributed by atoms with Crippen LogP contribution in [0.15, 0.2) is 47.4 Å². The third kappa shape index (κ3) is 5.40. The monoisotopic (exact) mass is 388 g/mol. The summed E-state index contributed by atoms with van der Waals surface area (Å²) < 4.78 is 27.4. The smallest absolute Gasteiger partial charge is 0.255 e. The Kier molecular flexibility index (Phi) is 7.16. The summed E-state index contributed by atoms with van der Waals surface area (Å²) in [6, 6.07) is 12.0. The van der Waals surface area contributed by atoms with Gasteiger partial charge >= 0.3 is 0 Å². The molecule has 0 radical (unpaired) electrons. The molecule has 2 N–H and O–H groups in total. The van der Waals surface area contributed by atoms with Crippen molar-refractivity contribution in [3.8, 4) is 0 Å². The minimum Gasteiger partial charge on any atom is -0.321 e. The molecule has 146 valence electrons. The molecule has 0 saturated heterocycles. The van der Waals surface area contributed by atoms with Crippen LogP contribution in [0.5, 0.6) is 0 Å². The van der Waals surface area contributed by atoms with E-state index in [1.54, 1.807) is 12.1 Å². The largest absolute Gasteiger partial charge is 0.321 e. The molecule has 0 spiro atoms. The third-order valence-corrected chi connectivity index (χ3v) is 5.85. The Morgan fingerprint density at radius 2 is 1.81 bits per heavy atom. The molecule has 0 unspecified atom stereocenters. The summed E-state index contributed by atoms with van der Waals surface area (Å²) in [6.07, 6.45) is 1.67. The maximum Gasteiger partial charge on any atom is 0.255 e. The lowest BCUT2D eigenvalue weighted by Gasteiger charge is -2.16. The van der Waals surface area contributed by atoms with E-state index in [0.29, 0.717) is 12.1 Å². The van der Waals surface area contributed by atoms with Gasteiger partial charge in [-0.2, -0.15) is 0 Å². The Balaban J connectivity index is 2.27. The molecule has 5 nitrogen and oxygen atoms in total. The van der Waals surface area contributed by atoms with Crippen molar-refractivity contribution < 1.29 is 13.2 Å². The number of benzene rings is 2. The predicted molar refractivity (Wildman–Crippen MR) is 110 cm³/mol. The number of anilines is 1. The van der Waals surface area contributed by atoms with Gasteiger partial charge in [0.05, 0.1) is 4.90 Å². The number of nitrogens with one attached hydrogen (secondary N) is 2. The van der Waals surface area contributed by atoms with E-state index < -0.39 is 10.0 Å². The van der Waals surface area contributed by atoms with Gasteiger partial charge in [-0.3, -0.25) is 4.79 Å². The molecule has 0 bridgehead atoms. The van der Waals surface area contributed by atoms with Gasteiger partial charge in [0.1, 0.15) is 0 Å². The molecule has 0 aliphatic rings. The Morgan fingerprint density at radius 3 is 2.48 bits per heavy atom. The van der Waals surface area contributed by atoms with Crippen molar-refractivity contribution in [3.05, 3.63) is 59.2 Å². The third-order valence-electron chi connectivity index (χ3n) is 4.39. The zero-order valence-corrected chi connectivity index (χ0v) is 17.2. The first kappa shape index (κ1) is 21.1. The Bertz CT molecular complexity index is 905. The fraction of sp³-hybridized carbons (Fsp3) is 0.381. The number of carbonyl (C=O) groups excluding carboxylic acids is 1. The highest BCUT2D eigenvalue weighted by Gasteiger charge is 2.17. The summed E-state index contributed by atoms with van der Waals surface area (Å²) in [5.41, 5.74) is 3.12. The highest BCUT2D eigenvalue weighted by atomic mass is 32.2. The highest BCUT2D eigenvalue weighted by Crippen LogP contribution is 2.28. The number of para-hydroxylation sites is 1. The van der Waals surface area contributed by atoms with Gasteiger partial charge in [0, 0.05) is 17.8 Å². The molecule has 2 aromatic carbocycles. The quantitative estimate of drug-likeness (QED) is 0.656. The highest BCUT2D eigenvalue weighted by molar-refractivity contribution is 7.89. The standard InChI is InChI=1S/C21H28N2O3S/c1-5-6-13-22-27(25,26)18-11-8-10-17(14-18)21(24)23-20-16(4)9-7-12-19(20)15(2)3/h7-12,14-15,22H,5-6,13H2,1-4H3,(H,23,24). The van der Waals surface area contributed by atoms with Crippen LogP contribution in [-0.2, 0) is 10.0 Å². The molecule has 0 saturated carbocycles. The molecule has 27 heavy (non-hydrogen) atoms. The fourth-order valence-corrected chi connectivity index (χ4v) is 3.92. The van der Waals surface area contributed by atoms with Crippen LogP contribution in [0.3, 0.4) is 0 Å². The molecule has 0 aliphatic carbocycles.